The molecule has 0 bridgehead atoms. The van der Waals surface area contributed by atoms with Gasteiger partial charge in [0.05, 0.1) is 14.2 Å². The van der Waals surface area contributed by atoms with Crippen LogP contribution in [0.25, 0.3) is 0 Å². The second kappa shape index (κ2) is 5.75. The van der Waals surface area contributed by atoms with E-state index in [0.29, 0.717) is 0 Å². The molecule has 0 heterocycles. The van der Waals surface area contributed by atoms with Crippen LogP contribution in [0.4, 0.5) is 0 Å². The van der Waals surface area contributed by atoms with Gasteiger partial charge in [0.1, 0.15) is 11.5 Å². The predicted octanol–water partition coefficient (Wildman–Crippen LogP) is 2.12. The van der Waals surface area contributed by atoms with Crippen LogP contribution in [-0.2, 0) is 6.42 Å². The van der Waals surface area contributed by atoms with Gasteiger partial charge in [-0.2, -0.15) is 0 Å². The van der Waals surface area contributed by atoms with Crippen LogP contribution in [0.2, 0.25) is 0 Å². The third-order valence-electron chi connectivity index (χ3n) is 2.69. The van der Waals surface area contributed by atoms with E-state index in [4.69, 9.17) is 9.47 Å². The van der Waals surface area contributed by atoms with Gasteiger partial charge in [0.15, 0.2) is 0 Å². The second-order valence-electron chi connectivity index (χ2n) is 4.14. The van der Waals surface area contributed by atoms with E-state index in [1.54, 1.807) is 14.2 Å². The highest BCUT2D eigenvalue weighted by atomic mass is 16.5. The van der Waals surface area contributed by atoms with Crippen LogP contribution in [0.5, 0.6) is 11.5 Å². The highest BCUT2D eigenvalue weighted by Crippen LogP contribution is 2.31. The molecule has 0 spiro atoms. The van der Waals surface area contributed by atoms with Gasteiger partial charge in [-0.3, -0.25) is 0 Å². The lowest BCUT2D eigenvalue weighted by molar-refractivity contribution is 0.378. The van der Waals surface area contributed by atoms with Crippen molar-refractivity contribution in [2.24, 2.45) is 0 Å². The van der Waals surface area contributed by atoms with Crippen molar-refractivity contribution in [1.29, 1.82) is 0 Å². The standard InChI is InChI=1S/C13H21NO2/c1-10-12(15-4)7-6-11(13(10)16-5)8-9-14(2)3/h6-7H,8-9H2,1-5H3. The van der Waals surface area contributed by atoms with Gasteiger partial charge in [-0.15, -0.1) is 0 Å². The average molecular weight is 223 g/mol. The molecule has 0 amide bonds. The first-order valence-corrected chi connectivity index (χ1v) is 5.45. The number of likely N-dealkylation sites (N-methyl/N-ethyl adjacent to an activating group) is 1. The van der Waals surface area contributed by atoms with Gasteiger partial charge < -0.3 is 14.4 Å². The molecule has 0 aliphatic carbocycles. The maximum absolute atomic E-state index is 5.45. The zero-order valence-electron chi connectivity index (χ0n) is 10.8. The molecule has 1 aromatic rings. The zero-order valence-corrected chi connectivity index (χ0v) is 10.8. The minimum absolute atomic E-state index is 0.880. The zero-order chi connectivity index (χ0) is 12.1. The Kier molecular flexibility index (Phi) is 4.62. The summed E-state index contributed by atoms with van der Waals surface area (Å²) in [6.45, 7) is 3.04. The van der Waals surface area contributed by atoms with Crippen LogP contribution < -0.4 is 9.47 Å². The molecule has 0 atom stereocenters. The molecule has 0 saturated heterocycles. The first-order valence-electron chi connectivity index (χ1n) is 5.45. The normalized spacial score (nSPS) is 10.6. The van der Waals surface area contributed by atoms with Crippen molar-refractivity contribution in [3.63, 3.8) is 0 Å². The van der Waals surface area contributed by atoms with Gasteiger partial charge in [-0.25, -0.2) is 0 Å². The van der Waals surface area contributed by atoms with E-state index < -0.39 is 0 Å². The fourth-order valence-electron chi connectivity index (χ4n) is 1.78. The smallest absolute Gasteiger partial charge is 0.128 e. The van der Waals surface area contributed by atoms with Crippen molar-refractivity contribution in [3.8, 4) is 11.5 Å². The van der Waals surface area contributed by atoms with Crippen molar-refractivity contribution in [2.75, 3.05) is 34.9 Å². The first kappa shape index (κ1) is 12.8. The van der Waals surface area contributed by atoms with Crippen LogP contribution in [-0.4, -0.2) is 39.8 Å². The highest BCUT2D eigenvalue weighted by molar-refractivity contribution is 5.49. The van der Waals surface area contributed by atoms with Gasteiger partial charge in [0.2, 0.25) is 0 Å². The van der Waals surface area contributed by atoms with Gasteiger partial charge in [0.25, 0.3) is 0 Å². The van der Waals surface area contributed by atoms with Gasteiger partial charge in [-0.05, 0) is 39.1 Å². The third kappa shape index (κ3) is 2.89. The van der Waals surface area contributed by atoms with E-state index in [-0.39, 0.29) is 0 Å². The predicted molar refractivity (Wildman–Crippen MR) is 66.5 cm³/mol. The first-order chi connectivity index (χ1) is 7.60. The SMILES string of the molecule is COc1ccc(CCN(C)C)c(OC)c1C. The van der Waals surface area contributed by atoms with E-state index in [1.165, 1.54) is 5.56 Å². The molecule has 0 aliphatic heterocycles. The Hall–Kier alpha value is -1.22. The molecule has 0 radical (unpaired) electrons. The molecule has 1 rings (SSSR count). The van der Waals surface area contributed by atoms with E-state index in [1.807, 2.05) is 13.0 Å². The number of rotatable bonds is 5. The molecule has 0 fully saturated rings. The van der Waals surface area contributed by atoms with Crippen LogP contribution in [0.15, 0.2) is 12.1 Å². The Bertz CT molecular complexity index is 348. The maximum atomic E-state index is 5.45. The number of ether oxygens (including phenoxy) is 2. The van der Waals surface area contributed by atoms with E-state index in [9.17, 15) is 0 Å². The Morgan fingerprint density at radius 3 is 2.31 bits per heavy atom. The van der Waals surface area contributed by atoms with E-state index in [2.05, 4.69) is 25.1 Å². The van der Waals surface area contributed by atoms with Crippen molar-refractivity contribution in [2.45, 2.75) is 13.3 Å². The summed E-state index contributed by atoms with van der Waals surface area (Å²) in [6.07, 6.45) is 0.987. The van der Waals surface area contributed by atoms with Crippen LogP contribution in [0.3, 0.4) is 0 Å². The average Bonchev–Trinajstić information content (AvgIpc) is 2.26. The summed E-state index contributed by atoms with van der Waals surface area (Å²) in [6, 6.07) is 4.08. The van der Waals surface area contributed by atoms with Crippen LogP contribution >= 0.6 is 0 Å². The molecule has 16 heavy (non-hydrogen) atoms. The van der Waals surface area contributed by atoms with Crippen LogP contribution in [0, 0.1) is 6.92 Å². The minimum atomic E-state index is 0.880. The van der Waals surface area contributed by atoms with Gasteiger partial charge >= 0.3 is 0 Å². The number of nitrogens with zero attached hydrogens (tertiary/aromatic N) is 1. The highest BCUT2D eigenvalue weighted by Gasteiger charge is 2.10. The number of benzene rings is 1. The molecular formula is C13H21NO2. The van der Waals surface area contributed by atoms with Crippen LogP contribution in [0.1, 0.15) is 11.1 Å². The molecular weight excluding hydrogens is 202 g/mol. The van der Waals surface area contributed by atoms with E-state index >= 15 is 0 Å². The second-order valence-corrected chi connectivity index (χ2v) is 4.14. The molecule has 3 heteroatoms. The molecule has 3 nitrogen and oxygen atoms in total. The Balaban J connectivity index is 2.96. The van der Waals surface area contributed by atoms with Crippen molar-refractivity contribution in [1.82, 2.24) is 4.90 Å². The van der Waals surface area contributed by atoms with Gasteiger partial charge in [-0.1, -0.05) is 6.07 Å². The lowest BCUT2D eigenvalue weighted by atomic mass is 10.1. The summed E-state index contributed by atoms with van der Waals surface area (Å²) in [5, 5.41) is 0. The molecule has 0 aromatic heterocycles. The number of hydrogen-bond acceptors (Lipinski definition) is 3. The Morgan fingerprint density at radius 2 is 1.81 bits per heavy atom. The largest absolute Gasteiger partial charge is 0.496 e. The maximum Gasteiger partial charge on any atom is 0.128 e. The topological polar surface area (TPSA) is 21.7 Å². The van der Waals surface area contributed by atoms with Crippen molar-refractivity contribution >= 4 is 0 Å². The Labute approximate surface area is 98.0 Å². The summed E-state index contributed by atoms with van der Waals surface area (Å²) in [5.74, 6) is 1.83. The molecule has 0 aliphatic rings. The van der Waals surface area contributed by atoms with Gasteiger partial charge in [0, 0.05) is 12.1 Å². The lowest BCUT2D eigenvalue weighted by Crippen LogP contribution is -2.15. The fraction of sp³-hybridized carbons (Fsp3) is 0.538. The van der Waals surface area contributed by atoms with Crippen molar-refractivity contribution < 1.29 is 9.47 Å². The summed E-state index contributed by atoms with van der Waals surface area (Å²) in [4.78, 5) is 2.17. The molecule has 1 aromatic carbocycles. The third-order valence-corrected chi connectivity index (χ3v) is 2.69. The molecule has 0 saturated carbocycles. The summed E-state index contributed by atoms with van der Waals surface area (Å²) in [7, 11) is 7.54. The lowest BCUT2D eigenvalue weighted by Gasteiger charge is -2.16. The monoisotopic (exact) mass is 223 g/mol. The fourth-order valence-corrected chi connectivity index (χ4v) is 1.78. The molecule has 90 valence electrons. The molecule has 0 unspecified atom stereocenters. The number of hydrogen-bond donors (Lipinski definition) is 0. The molecule has 0 N–H and O–H groups in total. The minimum Gasteiger partial charge on any atom is -0.496 e. The summed E-state index contributed by atoms with van der Waals surface area (Å²) >= 11 is 0. The quantitative estimate of drug-likeness (QED) is 0.763. The summed E-state index contributed by atoms with van der Waals surface area (Å²) in [5.41, 5.74) is 2.30. The summed E-state index contributed by atoms with van der Waals surface area (Å²) < 4.78 is 10.7. The Morgan fingerprint density at radius 1 is 1.12 bits per heavy atom. The number of methoxy groups -OCH3 is 2. The van der Waals surface area contributed by atoms with Crippen molar-refractivity contribution in [3.05, 3.63) is 23.3 Å². The van der Waals surface area contributed by atoms with E-state index in [0.717, 1.165) is 30.0 Å².